The molecule has 1 aromatic heterocycles. The number of aromatic nitrogens is 1. The van der Waals surface area contributed by atoms with Gasteiger partial charge in [-0.15, -0.1) is 0 Å². The van der Waals surface area contributed by atoms with Gasteiger partial charge in [0.1, 0.15) is 11.5 Å². The minimum atomic E-state index is 0.799. The van der Waals surface area contributed by atoms with Crippen molar-refractivity contribution < 1.29 is 4.52 Å². The highest BCUT2D eigenvalue weighted by Gasteiger charge is 2.11. The third kappa shape index (κ3) is 3.54. The minimum absolute atomic E-state index is 0.799. The van der Waals surface area contributed by atoms with E-state index in [1.807, 2.05) is 6.07 Å². The molecule has 0 bridgehead atoms. The molecule has 1 N–H and O–H groups in total. The third-order valence-electron chi connectivity index (χ3n) is 4.70. The van der Waals surface area contributed by atoms with E-state index >= 15 is 0 Å². The van der Waals surface area contributed by atoms with Gasteiger partial charge in [0.05, 0.1) is 6.54 Å². The van der Waals surface area contributed by atoms with Crippen molar-refractivity contribution in [1.29, 1.82) is 0 Å². The Hall–Kier alpha value is -2.88. The van der Waals surface area contributed by atoms with Gasteiger partial charge in [-0.2, -0.15) is 0 Å². The van der Waals surface area contributed by atoms with Gasteiger partial charge in [-0.25, -0.2) is 0 Å². The lowest BCUT2D eigenvalue weighted by Gasteiger charge is -2.02. The number of hydrogen-bond donors (Lipinski definition) is 1. The van der Waals surface area contributed by atoms with Gasteiger partial charge in [-0.1, -0.05) is 67.0 Å². The summed E-state index contributed by atoms with van der Waals surface area (Å²) in [6, 6.07) is 18.9. The number of aryl methyl sites for hydroxylation is 1. The molecule has 2 aromatic carbocycles. The number of nitrogens with one attached hydrogen (secondary N) is 1. The van der Waals surface area contributed by atoms with Crippen LogP contribution in [0.25, 0.3) is 22.6 Å². The summed E-state index contributed by atoms with van der Waals surface area (Å²) in [5.74, 6) is 1.77. The number of aliphatic imine (C=N–C) groups is 1. The average molecular weight is 345 g/mol. The van der Waals surface area contributed by atoms with Gasteiger partial charge in [-0.05, 0) is 18.4 Å². The molecule has 0 amide bonds. The predicted octanol–water partition coefficient (Wildman–Crippen LogP) is 4.70. The zero-order chi connectivity index (χ0) is 17.8. The second kappa shape index (κ2) is 7.56. The Kier molecular flexibility index (Phi) is 4.82. The molecule has 4 heteroatoms. The summed E-state index contributed by atoms with van der Waals surface area (Å²) >= 11 is 0. The molecule has 1 aliphatic rings. The fourth-order valence-corrected chi connectivity index (χ4v) is 3.15. The molecular formula is C22H23N3O. The van der Waals surface area contributed by atoms with Crippen molar-refractivity contribution in [1.82, 2.24) is 10.5 Å². The molecule has 0 unspecified atom stereocenters. The number of hydrogen-bond acceptors (Lipinski definition) is 4. The van der Waals surface area contributed by atoms with E-state index in [2.05, 4.69) is 70.9 Å². The molecule has 0 aliphatic carbocycles. The monoisotopic (exact) mass is 345 g/mol. The Labute approximate surface area is 154 Å². The zero-order valence-corrected chi connectivity index (χ0v) is 15.0. The van der Waals surface area contributed by atoms with Crippen molar-refractivity contribution >= 4 is 5.84 Å². The molecule has 4 nitrogen and oxygen atoms in total. The highest BCUT2D eigenvalue weighted by Crippen LogP contribution is 2.26. The van der Waals surface area contributed by atoms with E-state index in [0.29, 0.717) is 0 Å². The van der Waals surface area contributed by atoms with Crippen LogP contribution in [0.1, 0.15) is 30.9 Å². The standard InChI is InChI=1S/C22H23N3O/c1-2-3-4-16-5-7-18(8-6-16)21-15-20(25-26-21)17-9-11-19(12-10-17)22-23-13-14-24-22/h5-12,15H,2-4,13-14H2,1H3,(H,23,24). The van der Waals surface area contributed by atoms with Gasteiger partial charge in [0.25, 0.3) is 0 Å². The first-order valence-electron chi connectivity index (χ1n) is 9.28. The molecule has 2 heterocycles. The Morgan fingerprint density at radius 2 is 1.69 bits per heavy atom. The molecule has 4 rings (SSSR count). The number of rotatable bonds is 6. The normalized spacial score (nSPS) is 13.5. The first kappa shape index (κ1) is 16.6. The molecule has 0 saturated heterocycles. The zero-order valence-electron chi connectivity index (χ0n) is 15.0. The summed E-state index contributed by atoms with van der Waals surface area (Å²) in [6.45, 7) is 3.98. The largest absolute Gasteiger partial charge is 0.368 e. The lowest BCUT2D eigenvalue weighted by atomic mass is 10.0. The fraction of sp³-hybridized carbons (Fsp3) is 0.273. The molecule has 132 valence electrons. The lowest BCUT2D eigenvalue weighted by molar-refractivity contribution is 0.435. The van der Waals surface area contributed by atoms with E-state index < -0.39 is 0 Å². The molecule has 1 aliphatic heterocycles. The highest BCUT2D eigenvalue weighted by molar-refractivity contribution is 6.00. The van der Waals surface area contributed by atoms with Crippen LogP contribution in [0.15, 0.2) is 64.1 Å². The van der Waals surface area contributed by atoms with E-state index in [-0.39, 0.29) is 0 Å². The van der Waals surface area contributed by atoms with Crippen LogP contribution in [0.4, 0.5) is 0 Å². The maximum Gasteiger partial charge on any atom is 0.167 e. The van der Waals surface area contributed by atoms with Crippen molar-refractivity contribution in [3.05, 3.63) is 65.7 Å². The van der Waals surface area contributed by atoms with Gasteiger partial charge >= 0.3 is 0 Å². The van der Waals surface area contributed by atoms with Gasteiger partial charge in [-0.3, -0.25) is 4.99 Å². The van der Waals surface area contributed by atoms with Crippen molar-refractivity contribution in [2.45, 2.75) is 26.2 Å². The van der Waals surface area contributed by atoms with Crippen LogP contribution < -0.4 is 5.32 Å². The van der Waals surface area contributed by atoms with Crippen LogP contribution in [-0.4, -0.2) is 24.1 Å². The maximum absolute atomic E-state index is 5.57. The van der Waals surface area contributed by atoms with E-state index in [4.69, 9.17) is 4.52 Å². The Balaban J connectivity index is 1.50. The van der Waals surface area contributed by atoms with Crippen molar-refractivity contribution in [2.75, 3.05) is 13.1 Å². The summed E-state index contributed by atoms with van der Waals surface area (Å²) in [6.07, 6.45) is 3.57. The number of benzene rings is 2. The van der Waals surface area contributed by atoms with Crippen LogP contribution in [0.3, 0.4) is 0 Å². The van der Waals surface area contributed by atoms with E-state index in [0.717, 1.165) is 53.5 Å². The smallest absolute Gasteiger partial charge is 0.167 e. The Morgan fingerprint density at radius 1 is 0.962 bits per heavy atom. The quantitative estimate of drug-likeness (QED) is 0.704. The molecule has 0 fully saturated rings. The average Bonchev–Trinajstić information content (AvgIpc) is 3.39. The van der Waals surface area contributed by atoms with Gasteiger partial charge in [0, 0.05) is 29.3 Å². The lowest BCUT2D eigenvalue weighted by Crippen LogP contribution is -2.19. The first-order chi connectivity index (χ1) is 12.8. The second-order valence-corrected chi connectivity index (χ2v) is 6.61. The molecule has 0 radical (unpaired) electrons. The predicted molar refractivity (Wildman–Crippen MR) is 105 cm³/mol. The van der Waals surface area contributed by atoms with Crippen LogP contribution in [0, 0.1) is 0 Å². The molecule has 26 heavy (non-hydrogen) atoms. The summed E-state index contributed by atoms with van der Waals surface area (Å²) < 4.78 is 5.57. The highest BCUT2D eigenvalue weighted by atomic mass is 16.5. The molecule has 3 aromatic rings. The van der Waals surface area contributed by atoms with Crippen LogP contribution >= 0.6 is 0 Å². The summed E-state index contributed by atoms with van der Waals surface area (Å²) in [5.41, 5.74) is 5.43. The molecule has 0 atom stereocenters. The topological polar surface area (TPSA) is 50.4 Å². The fourth-order valence-electron chi connectivity index (χ4n) is 3.15. The summed E-state index contributed by atoms with van der Waals surface area (Å²) in [7, 11) is 0. The summed E-state index contributed by atoms with van der Waals surface area (Å²) in [5, 5.41) is 7.53. The van der Waals surface area contributed by atoms with Gasteiger partial charge in [0.2, 0.25) is 0 Å². The van der Waals surface area contributed by atoms with Gasteiger partial charge in [0.15, 0.2) is 5.76 Å². The van der Waals surface area contributed by atoms with Crippen molar-refractivity contribution in [2.24, 2.45) is 4.99 Å². The van der Waals surface area contributed by atoms with Crippen LogP contribution in [-0.2, 0) is 6.42 Å². The third-order valence-corrected chi connectivity index (χ3v) is 4.70. The number of amidine groups is 1. The number of nitrogens with zero attached hydrogens (tertiary/aromatic N) is 2. The molecule has 0 spiro atoms. The summed E-state index contributed by atoms with van der Waals surface area (Å²) in [4.78, 5) is 4.45. The van der Waals surface area contributed by atoms with E-state index in [9.17, 15) is 0 Å². The van der Waals surface area contributed by atoms with Crippen molar-refractivity contribution in [3.63, 3.8) is 0 Å². The number of unbranched alkanes of at least 4 members (excludes halogenated alkanes) is 1. The van der Waals surface area contributed by atoms with Gasteiger partial charge < -0.3 is 9.84 Å². The van der Waals surface area contributed by atoms with Crippen molar-refractivity contribution in [3.8, 4) is 22.6 Å². The minimum Gasteiger partial charge on any atom is -0.368 e. The van der Waals surface area contributed by atoms with E-state index in [1.54, 1.807) is 0 Å². The van der Waals surface area contributed by atoms with Crippen LogP contribution in [0.5, 0.6) is 0 Å². The molecule has 0 saturated carbocycles. The maximum atomic E-state index is 5.57. The molecular weight excluding hydrogens is 322 g/mol. The Bertz CT molecular complexity index is 892. The SMILES string of the molecule is CCCCc1ccc(-c2cc(-c3ccc(C4=NCCN4)cc3)no2)cc1. The second-order valence-electron chi connectivity index (χ2n) is 6.61. The van der Waals surface area contributed by atoms with Crippen LogP contribution in [0.2, 0.25) is 0 Å². The van der Waals surface area contributed by atoms with E-state index in [1.165, 1.54) is 18.4 Å². The first-order valence-corrected chi connectivity index (χ1v) is 9.28. The Morgan fingerprint density at radius 3 is 2.38 bits per heavy atom.